The van der Waals surface area contributed by atoms with Gasteiger partial charge in [0.05, 0.1) is 16.9 Å². The van der Waals surface area contributed by atoms with E-state index in [4.69, 9.17) is 5.10 Å². The molecular weight excluding hydrogens is 574 g/mol. The number of aromatic nitrogens is 2. The molecule has 0 bridgehead atoms. The lowest BCUT2D eigenvalue weighted by molar-refractivity contribution is -0.137. The highest BCUT2D eigenvalue weighted by Gasteiger charge is 2.46. The maximum absolute atomic E-state index is 14.3. The second kappa shape index (κ2) is 13.0. The van der Waals surface area contributed by atoms with Crippen molar-refractivity contribution in [2.75, 3.05) is 18.0 Å². The molecule has 2 heterocycles. The Morgan fingerprint density at radius 3 is 2.36 bits per heavy atom. The first kappa shape index (κ1) is 30.9. The average molecular weight is 608 g/mol. The number of benzene rings is 3. The molecule has 5 rings (SSSR count). The molecule has 4 aromatic rings. The van der Waals surface area contributed by atoms with E-state index >= 15 is 0 Å². The molecule has 11 heteroatoms. The molecule has 0 saturated carbocycles. The Balaban J connectivity index is 1.67. The molecule has 0 unspecified atom stereocenters. The maximum Gasteiger partial charge on any atom is 0.416 e. The minimum atomic E-state index is -4.65. The number of likely N-dealkylation sites (N-methyl/N-ethyl adjacent to an activating group) is 1. The van der Waals surface area contributed by atoms with Crippen molar-refractivity contribution in [3.8, 4) is 5.69 Å². The van der Waals surface area contributed by atoms with Crippen molar-refractivity contribution < 1.29 is 27.2 Å². The molecule has 1 aromatic heterocycles. The minimum Gasteiger partial charge on any atom is -0.339 e. The van der Waals surface area contributed by atoms with E-state index in [1.807, 2.05) is 30.3 Å². The summed E-state index contributed by atoms with van der Waals surface area (Å²) in [5.41, 5.74) is 1.37. The molecule has 0 radical (unpaired) electrons. The zero-order valence-electron chi connectivity index (χ0n) is 24.4. The summed E-state index contributed by atoms with van der Waals surface area (Å²) in [6, 6.07) is 17.8. The van der Waals surface area contributed by atoms with Gasteiger partial charge in [0.2, 0.25) is 0 Å². The summed E-state index contributed by atoms with van der Waals surface area (Å²) in [5, 5.41) is 11.1. The number of carbonyl (C=O) groups is 2. The Morgan fingerprint density at radius 1 is 0.977 bits per heavy atom. The monoisotopic (exact) mass is 607 g/mol. The van der Waals surface area contributed by atoms with Gasteiger partial charge >= 0.3 is 6.18 Å². The predicted octanol–water partition coefficient (Wildman–Crippen LogP) is 6.22. The quantitative estimate of drug-likeness (QED) is 0.166. The molecule has 7 nitrogen and oxygen atoms in total. The molecule has 2 N–H and O–H groups in total. The number of alkyl halides is 3. The highest BCUT2D eigenvalue weighted by molar-refractivity contribution is 6.05. The van der Waals surface area contributed by atoms with Crippen LogP contribution in [0.2, 0.25) is 0 Å². The van der Waals surface area contributed by atoms with Gasteiger partial charge in [0.25, 0.3) is 11.8 Å². The van der Waals surface area contributed by atoms with E-state index in [-0.39, 0.29) is 12.1 Å². The third-order valence-electron chi connectivity index (χ3n) is 7.69. The number of hydrogen-bond donors (Lipinski definition) is 2. The van der Waals surface area contributed by atoms with Gasteiger partial charge in [-0.05, 0) is 67.9 Å². The normalized spacial score (nSPS) is 16.6. The average Bonchev–Trinajstić information content (AvgIpc) is 3.39. The van der Waals surface area contributed by atoms with Gasteiger partial charge < -0.3 is 10.6 Å². The fraction of sp³-hybridized carbons (Fsp3) is 0.303. The molecule has 3 aromatic carbocycles. The fourth-order valence-corrected chi connectivity index (χ4v) is 5.55. The Labute approximate surface area is 252 Å². The summed E-state index contributed by atoms with van der Waals surface area (Å²) in [7, 11) is 0. The van der Waals surface area contributed by atoms with Gasteiger partial charge in [0.15, 0.2) is 0 Å². The SMILES string of the molecule is CCCCNCc1nn(-c2ccccc2)c2c1[C@H](c1ccc(F)cc1)[C@H](NC(=O)c1cccc(C(F)(F)F)c1)C(=O)N2CC. The van der Waals surface area contributed by atoms with Gasteiger partial charge in [-0.1, -0.05) is 49.7 Å². The first-order valence-electron chi connectivity index (χ1n) is 14.6. The third kappa shape index (κ3) is 6.23. The molecule has 0 saturated heterocycles. The van der Waals surface area contributed by atoms with Gasteiger partial charge in [0, 0.05) is 30.1 Å². The number of nitrogens with one attached hydrogen (secondary N) is 2. The van der Waals surface area contributed by atoms with Crippen LogP contribution < -0.4 is 15.5 Å². The molecular formula is C33H33F4N5O2. The van der Waals surface area contributed by atoms with Crippen molar-refractivity contribution in [2.24, 2.45) is 0 Å². The highest BCUT2D eigenvalue weighted by atomic mass is 19.4. The number of amides is 2. The zero-order valence-corrected chi connectivity index (χ0v) is 24.4. The van der Waals surface area contributed by atoms with Crippen LogP contribution in [0.15, 0.2) is 78.9 Å². The first-order valence-corrected chi connectivity index (χ1v) is 14.6. The van der Waals surface area contributed by atoms with E-state index in [9.17, 15) is 27.2 Å². The maximum atomic E-state index is 14.3. The summed E-state index contributed by atoms with van der Waals surface area (Å²) >= 11 is 0. The van der Waals surface area contributed by atoms with Crippen LogP contribution in [0.3, 0.4) is 0 Å². The van der Waals surface area contributed by atoms with Crippen molar-refractivity contribution in [1.29, 1.82) is 0 Å². The van der Waals surface area contributed by atoms with Gasteiger partial charge in [-0.15, -0.1) is 0 Å². The smallest absolute Gasteiger partial charge is 0.339 e. The standard InChI is InChI=1S/C33H33F4N5O2/c1-3-5-18-38-20-26-28-27(21-14-16-24(34)17-15-21)29(39-30(43)22-10-9-11-23(19-22)33(35,36)37)32(44)41(4-2)31(28)42(40-26)25-12-7-6-8-13-25/h6-17,19,27,29,38H,3-5,18,20H2,1-2H3,(H,39,43)/t27-,29-/m0/s1. The van der Waals surface area contributed by atoms with Crippen LogP contribution in [-0.4, -0.2) is 40.7 Å². The summed E-state index contributed by atoms with van der Waals surface area (Å²) in [4.78, 5) is 29.3. The van der Waals surface area contributed by atoms with Crippen molar-refractivity contribution in [2.45, 2.75) is 51.4 Å². The lowest BCUT2D eigenvalue weighted by Crippen LogP contribution is -2.55. The number of rotatable bonds is 10. The number of anilines is 1. The molecule has 0 fully saturated rings. The van der Waals surface area contributed by atoms with Crippen molar-refractivity contribution in [3.63, 3.8) is 0 Å². The van der Waals surface area contributed by atoms with Crippen LogP contribution in [0.4, 0.5) is 23.4 Å². The van der Waals surface area contributed by atoms with Crippen molar-refractivity contribution in [3.05, 3.63) is 113 Å². The van der Waals surface area contributed by atoms with E-state index < -0.39 is 41.3 Å². The Hall–Kier alpha value is -4.51. The molecule has 230 valence electrons. The fourth-order valence-electron chi connectivity index (χ4n) is 5.55. The van der Waals surface area contributed by atoms with Crippen LogP contribution in [0.5, 0.6) is 0 Å². The number of halogens is 4. The van der Waals surface area contributed by atoms with Crippen molar-refractivity contribution >= 4 is 17.6 Å². The van der Waals surface area contributed by atoms with Crippen LogP contribution >= 0.6 is 0 Å². The Bertz CT molecular complexity index is 1620. The number of nitrogens with zero attached hydrogens (tertiary/aromatic N) is 3. The molecule has 0 aliphatic carbocycles. The summed E-state index contributed by atoms with van der Waals surface area (Å²) in [6.45, 7) is 5.21. The Morgan fingerprint density at radius 2 is 1.70 bits per heavy atom. The number of para-hydroxylation sites is 1. The minimum absolute atomic E-state index is 0.235. The number of carbonyl (C=O) groups excluding carboxylic acids is 2. The van der Waals surface area contributed by atoms with Gasteiger partial charge in [-0.3, -0.25) is 14.5 Å². The highest BCUT2D eigenvalue weighted by Crippen LogP contribution is 2.43. The van der Waals surface area contributed by atoms with Crippen molar-refractivity contribution in [1.82, 2.24) is 20.4 Å². The second-order valence-electron chi connectivity index (χ2n) is 10.6. The largest absolute Gasteiger partial charge is 0.416 e. The second-order valence-corrected chi connectivity index (χ2v) is 10.6. The number of hydrogen-bond acceptors (Lipinski definition) is 4. The third-order valence-corrected chi connectivity index (χ3v) is 7.69. The van der Waals surface area contributed by atoms with E-state index in [0.717, 1.165) is 43.3 Å². The lowest BCUT2D eigenvalue weighted by Gasteiger charge is -2.38. The zero-order chi connectivity index (χ0) is 31.4. The topological polar surface area (TPSA) is 79.3 Å². The molecule has 1 aliphatic rings. The van der Waals surface area contributed by atoms with E-state index in [0.29, 0.717) is 29.2 Å². The van der Waals surface area contributed by atoms with Crippen LogP contribution in [-0.2, 0) is 17.5 Å². The summed E-state index contributed by atoms with van der Waals surface area (Å²) in [5.74, 6) is -2.06. The number of fused-ring (bicyclic) bond motifs is 1. The van der Waals surface area contributed by atoms with Crippen LogP contribution in [0.25, 0.3) is 5.69 Å². The summed E-state index contributed by atoms with van der Waals surface area (Å²) < 4.78 is 56.1. The van der Waals surface area contributed by atoms with Crippen LogP contribution in [0.1, 0.15) is 65.3 Å². The van der Waals surface area contributed by atoms with E-state index in [1.165, 1.54) is 23.1 Å². The molecule has 44 heavy (non-hydrogen) atoms. The lowest BCUT2D eigenvalue weighted by atomic mass is 9.80. The van der Waals surface area contributed by atoms with E-state index in [1.54, 1.807) is 23.7 Å². The molecule has 1 aliphatic heterocycles. The van der Waals surface area contributed by atoms with Gasteiger partial charge in [-0.25, -0.2) is 9.07 Å². The van der Waals surface area contributed by atoms with Gasteiger partial charge in [-0.2, -0.15) is 18.3 Å². The van der Waals surface area contributed by atoms with Gasteiger partial charge in [0.1, 0.15) is 17.7 Å². The molecule has 0 spiro atoms. The predicted molar refractivity (Wildman–Crippen MR) is 159 cm³/mol. The first-order chi connectivity index (χ1) is 21.1. The number of unbranched alkanes of at least 4 members (excludes halogenated alkanes) is 1. The Kier molecular flexibility index (Phi) is 9.14. The van der Waals surface area contributed by atoms with Crippen LogP contribution in [0, 0.1) is 5.82 Å². The molecule has 2 atom stereocenters. The summed E-state index contributed by atoms with van der Waals surface area (Å²) in [6.07, 6.45) is -2.71. The van der Waals surface area contributed by atoms with E-state index in [2.05, 4.69) is 17.6 Å². The molecule has 2 amide bonds.